The fourth-order valence-electron chi connectivity index (χ4n) is 2.57. The van der Waals surface area contributed by atoms with Gasteiger partial charge in [0.25, 0.3) is 0 Å². The van der Waals surface area contributed by atoms with E-state index in [2.05, 4.69) is 9.44 Å². The van der Waals surface area contributed by atoms with Crippen molar-refractivity contribution in [2.24, 2.45) is 5.16 Å². The summed E-state index contributed by atoms with van der Waals surface area (Å²) in [5.74, 6) is 1.10. The molecule has 0 aromatic rings. The van der Waals surface area contributed by atoms with Crippen molar-refractivity contribution in [3.05, 3.63) is 0 Å². The topological polar surface area (TPSA) is 166 Å². The van der Waals surface area contributed by atoms with E-state index in [1.807, 2.05) is 6.26 Å². The van der Waals surface area contributed by atoms with Gasteiger partial charge in [-0.15, -0.1) is 0 Å². The second-order valence-corrected chi connectivity index (χ2v) is 9.47. The fraction of sp³-hybridized carbons (Fsp3) is 0.933. The fourth-order valence-corrected chi connectivity index (χ4v) is 4.40. The van der Waals surface area contributed by atoms with E-state index in [0.717, 1.165) is 43.2 Å². The van der Waals surface area contributed by atoms with Gasteiger partial charge in [0, 0.05) is 0 Å². The molecule has 0 bridgehead atoms. The van der Waals surface area contributed by atoms with Crippen molar-refractivity contribution in [3.8, 4) is 0 Å². The molecule has 0 aromatic carbocycles. The molecule has 0 aliphatic carbocycles. The maximum Gasteiger partial charge on any atom is 0.466 e. The molecular weight excluding hydrogens is 434 g/mol. The first-order chi connectivity index (χ1) is 13.2. The molecular formula is C15H29NO9S3. The number of aliphatic hydroxyl groups is 4. The van der Waals surface area contributed by atoms with Gasteiger partial charge in [0.2, 0.25) is 0 Å². The van der Waals surface area contributed by atoms with E-state index in [0.29, 0.717) is 12.8 Å². The Bertz CT molecular complexity index is 573. The summed E-state index contributed by atoms with van der Waals surface area (Å²) in [6, 6.07) is 0. The summed E-state index contributed by atoms with van der Waals surface area (Å²) in [5.41, 5.74) is -1.11. The molecule has 1 rings (SSSR count). The number of nitrogens with zero attached hydrogens (tertiary/aromatic N) is 1. The minimum Gasteiger partial charge on any atom is -0.394 e. The highest BCUT2D eigenvalue weighted by Crippen LogP contribution is 2.30. The van der Waals surface area contributed by atoms with Crippen LogP contribution in [0.25, 0.3) is 0 Å². The molecule has 166 valence electrons. The molecule has 0 saturated carbocycles. The zero-order valence-corrected chi connectivity index (χ0v) is 18.0. The minimum atomic E-state index is -4.79. The highest BCUT2D eigenvalue weighted by molar-refractivity contribution is 8.14. The third-order valence-corrected chi connectivity index (χ3v) is 6.21. The van der Waals surface area contributed by atoms with Gasteiger partial charge >= 0.3 is 10.4 Å². The molecule has 0 radical (unpaired) electrons. The number of hydrogen-bond acceptors (Lipinski definition) is 11. The van der Waals surface area contributed by atoms with Gasteiger partial charge in [0.15, 0.2) is 0 Å². The summed E-state index contributed by atoms with van der Waals surface area (Å²) in [4.78, 5) is 0. The molecule has 1 heterocycles. The second-order valence-electron chi connectivity index (χ2n) is 6.31. The average Bonchev–Trinajstić information content (AvgIpc) is 2.64. The normalized spacial score (nSPS) is 29.1. The Kier molecular flexibility index (Phi) is 12.3. The van der Waals surface area contributed by atoms with Gasteiger partial charge in [0.05, 0.1) is 6.61 Å². The molecule has 13 heteroatoms. The largest absolute Gasteiger partial charge is 0.466 e. The Labute approximate surface area is 173 Å². The van der Waals surface area contributed by atoms with Gasteiger partial charge in [-0.25, -0.2) is 4.28 Å². The van der Waals surface area contributed by atoms with Crippen LogP contribution in [0, 0.1) is 0 Å². The number of aliphatic hydroxyl groups excluding tert-OH is 4. The van der Waals surface area contributed by atoms with E-state index < -0.39 is 46.9 Å². The highest BCUT2D eigenvalue weighted by Gasteiger charge is 2.44. The molecule has 10 nitrogen and oxygen atoms in total. The Morgan fingerprint density at radius 2 is 1.71 bits per heavy atom. The first-order valence-corrected chi connectivity index (χ1v) is 12.5. The van der Waals surface area contributed by atoms with Crippen LogP contribution in [0.1, 0.15) is 38.5 Å². The van der Waals surface area contributed by atoms with Crippen LogP contribution < -0.4 is 0 Å². The summed E-state index contributed by atoms with van der Waals surface area (Å²) in [5, 5.41) is 42.5. The number of hydrogen-bond donors (Lipinski definition) is 5. The van der Waals surface area contributed by atoms with Crippen molar-refractivity contribution in [1.29, 1.82) is 0 Å². The van der Waals surface area contributed by atoms with Crippen LogP contribution in [0.3, 0.4) is 0 Å². The summed E-state index contributed by atoms with van der Waals surface area (Å²) < 4.78 is 39.7. The summed E-state index contributed by atoms with van der Waals surface area (Å²) >= 11 is 2.59. The van der Waals surface area contributed by atoms with Crippen molar-refractivity contribution >= 4 is 39.0 Å². The van der Waals surface area contributed by atoms with Gasteiger partial charge in [-0.1, -0.05) is 36.2 Å². The van der Waals surface area contributed by atoms with E-state index in [1.165, 1.54) is 0 Å². The van der Waals surface area contributed by atoms with Crippen molar-refractivity contribution in [2.75, 3.05) is 18.6 Å². The van der Waals surface area contributed by atoms with Crippen LogP contribution in [0.5, 0.6) is 0 Å². The lowest BCUT2D eigenvalue weighted by atomic mass is 10.0. The SMILES string of the molecule is CSCCCCCCC/C(=N\OS(=O)(=O)O)S[C@@H]1O[C@@H](CO)[C@@H](O)[C@H](O)[C@H]1O. The number of rotatable bonds is 12. The van der Waals surface area contributed by atoms with Crippen LogP contribution >= 0.6 is 23.5 Å². The predicted octanol–water partition coefficient (Wildman–Crippen LogP) is 0.356. The first kappa shape index (κ1) is 25.9. The number of thioether (sulfide) groups is 2. The Hall–Kier alpha value is -0.120. The van der Waals surface area contributed by atoms with Gasteiger partial charge < -0.3 is 25.2 Å². The molecule has 1 fully saturated rings. The van der Waals surface area contributed by atoms with E-state index >= 15 is 0 Å². The zero-order valence-electron chi connectivity index (χ0n) is 15.6. The van der Waals surface area contributed by atoms with E-state index in [4.69, 9.17) is 9.29 Å². The number of ether oxygens (including phenoxy) is 1. The molecule has 1 aliphatic heterocycles. The number of unbranched alkanes of at least 4 members (excludes halogenated alkanes) is 4. The Morgan fingerprint density at radius 3 is 2.32 bits per heavy atom. The molecule has 0 spiro atoms. The minimum absolute atomic E-state index is 0.131. The molecule has 0 aromatic heterocycles. The van der Waals surface area contributed by atoms with Crippen LogP contribution in [0.2, 0.25) is 0 Å². The smallest absolute Gasteiger partial charge is 0.394 e. The van der Waals surface area contributed by atoms with Gasteiger partial charge in [-0.2, -0.15) is 20.2 Å². The molecule has 1 saturated heterocycles. The molecule has 28 heavy (non-hydrogen) atoms. The van der Waals surface area contributed by atoms with E-state index in [9.17, 15) is 28.8 Å². The lowest BCUT2D eigenvalue weighted by molar-refractivity contribution is -0.205. The van der Waals surface area contributed by atoms with Crippen molar-refractivity contribution in [2.45, 2.75) is 68.4 Å². The lowest BCUT2D eigenvalue weighted by Gasteiger charge is -2.39. The lowest BCUT2D eigenvalue weighted by Crippen LogP contribution is -2.57. The van der Waals surface area contributed by atoms with Crippen molar-refractivity contribution < 1.29 is 42.4 Å². The molecule has 1 aliphatic rings. The highest BCUT2D eigenvalue weighted by atomic mass is 32.3. The van der Waals surface area contributed by atoms with E-state index in [-0.39, 0.29) is 5.04 Å². The maximum absolute atomic E-state index is 10.8. The van der Waals surface area contributed by atoms with Crippen LogP contribution in [-0.2, 0) is 19.4 Å². The Morgan fingerprint density at radius 1 is 1.07 bits per heavy atom. The molecule has 0 amide bonds. The predicted molar refractivity (Wildman–Crippen MR) is 108 cm³/mol. The van der Waals surface area contributed by atoms with Crippen LogP contribution in [0.4, 0.5) is 0 Å². The van der Waals surface area contributed by atoms with Crippen molar-refractivity contribution in [1.82, 2.24) is 0 Å². The monoisotopic (exact) mass is 463 g/mol. The quantitative estimate of drug-likeness (QED) is 0.0891. The molecule has 0 unspecified atom stereocenters. The standard InChI is InChI=1S/C15H29NO9S3/c1-26-8-6-4-2-3-5-7-11(16-25-28(21,22)23)27-15-14(20)13(19)12(18)10(9-17)24-15/h10,12-15,17-20H,2-9H2,1H3,(H,21,22,23)/b16-11+/t10-,12+,13-,14+,15-/m0/s1. The van der Waals surface area contributed by atoms with Crippen molar-refractivity contribution in [3.63, 3.8) is 0 Å². The summed E-state index contributed by atoms with van der Waals surface area (Å²) in [6.45, 7) is -0.577. The van der Waals surface area contributed by atoms with Crippen LogP contribution in [-0.4, -0.2) is 86.9 Å². The van der Waals surface area contributed by atoms with Gasteiger partial charge in [-0.05, 0) is 31.3 Å². The zero-order chi connectivity index (χ0) is 21.2. The van der Waals surface area contributed by atoms with Gasteiger partial charge in [0.1, 0.15) is 34.9 Å². The number of oxime groups is 1. The first-order valence-electron chi connectivity index (χ1n) is 8.88. The second kappa shape index (κ2) is 13.2. The van der Waals surface area contributed by atoms with Crippen LogP contribution in [0.15, 0.2) is 5.16 Å². The third kappa shape index (κ3) is 9.59. The van der Waals surface area contributed by atoms with E-state index in [1.54, 1.807) is 11.8 Å². The maximum atomic E-state index is 10.8. The molecule has 5 N–H and O–H groups in total. The summed E-state index contributed by atoms with van der Waals surface area (Å²) in [6.07, 6.45) is 1.45. The molecule has 5 atom stereocenters. The average molecular weight is 464 g/mol. The Balaban J connectivity index is 2.66. The van der Waals surface area contributed by atoms with Gasteiger partial charge in [-0.3, -0.25) is 4.55 Å². The third-order valence-electron chi connectivity index (χ3n) is 4.07. The summed E-state index contributed by atoms with van der Waals surface area (Å²) in [7, 11) is -4.79.